The summed E-state index contributed by atoms with van der Waals surface area (Å²) >= 11 is 0. The van der Waals surface area contributed by atoms with Gasteiger partial charge in [-0.15, -0.1) is 0 Å². The van der Waals surface area contributed by atoms with Gasteiger partial charge in [0.15, 0.2) is 0 Å². The fourth-order valence-electron chi connectivity index (χ4n) is 2.43. The highest BCUT2D eigenvalue weighted by atomic mass is 16.4. The standard InChI is InChI=1S/C14H18N2O3/c17-13(7-6-11-4-3-8-15-10-11)16-9-2-1-5-12(16)14(18)19/h3-4,8,10,12H,1-2,5-7,9H2,(H,18,19)/t12-/m1/s1. The summed E-state index contributed by atoms with van der Waals surface area (Å²) in [6.07, 6.45) is 6.71. The van der Waals surface area contributed by atoms with Crippen LogP contribution in [0.4, 0.5) is 0 Å². The zero-order chi connectivity index (χ0) is 13.7. The van der Waals surface area contributed by atoms with Crippen LogP contribution in [0.2, 0.25) is 0 Å². The number of piperidine rings is 1. The molecule has 1 aliphatic heterocycles. The van der Waals surface area contributed by atoms with Gasteiger partial charge in [-0.3, -0.25) is 9.78 Å². The lowest BCUT2D eigenvalue weighted by molar-refractivity contribution is -0.152. The molecule has 2 heterocycles. The van der Waals surface area contributed by atoms with Crippen molar-refractivity contribution < 1.29 is 14.7 Å². The van der Waals surface area contributed by atoms with Crippen molar-refractivity contribution in [1.29, 1.82) is 0 Å². The number of carbonyl (C=O) groups is 2. The van der Waals surface area contributed by atoms with E-state index < -0.39 is 12.0 Å². The van der Waals surface area contributed by atoms with Crippen molar-refractivity contribution in [2.75, 3.05) is 6.54 Å². The minimum Gasteiger partial charge on any atom is -0.480 e. The molecule has 2 rings (SSSR count). The molecule has 19 heavy (non-hydrogen) atoms. The maximum Gasteiger partial charge on any atom is 0.326 e. The predicted molar refractivity (Wildman–Crippen MR) is 69.5 cm³/mol. The lowest BCUT2D eigenvalue weighted by atomic mass is 10.0. The Bertz CT molecular complexity index is 447. The van der Waals surface area contributed by atoms with Crippen LogP contribution in [0.5, 0.6) is 0 Å². The largest absolute Gasteiger partial charge is 0.480 e. The molecule has 5 nitrogen and oxygen atoms in total. The van der Waals surface area contributed by atoms with Crippen LogP contribution in [0.1, 0.15) is 31.2 Å². The molecule has 0 bridgehead atoms. The summed E-state index contributed by atoms with van der Waals surface area (Å²) in [4.78, 5) is 28.8. The summed E-state index contributed by atoms with van der Waals surface area (Å²) in [5.74, 6) is -0.967. The average molecular weight is 262 g/mol. The van der Waals surface area contributed by atoms with Crippen LogP contribution in [-0.4, -0.2) is 39.5 Å². The first kappa shape index (κ1) is 13.5. The third kappa shape index (κ3) is 3.53. The first-order valence-corrected chi connectivity index (χ1v) is 6.59. The number of pyridine rings is 1. The summed E-state index contributed by atoms with van der Waals surface area (Å²) in [6, 6.07) is 3.11. The number of amides is 1. The van der Waals surface area contributed by atoms with Crippen LogP contribution in [0.25, 0.3) is 0 Å². The van der Waals surface area contributed by atoms with E-state index in [2.05, 4.69) is 4.98 Å². The van der Waals surface area contributed by atoms with Crippen molar-refractivity contribution in [3.63, 3.8) is 0 Å². The van der Waals surface area contributed by atoms with Gasteiger partial charge in [0.25, 0.3) is 0 Å². The number of nitrogens with zero attached hydrogens (tertiary/aromatic N) is 2. The molecule has 0 radical (unpaired) electrons. The molecule has 0 aromatic carbocycles. The van der Waals surface area contributed by atoms with Gasteiger partial charge >= 0.3 is 5.97 Å². The molecule has 1 aliphatic rings. The van der Waals surface area contributed by atoms with E-state index in [0.29, 0.717) is 25.8 Å². The van der Waals surface area contributed by atoms with Crippen molar-refractivity contribution >= 4 is 11.9 Å². The Morgan fingerprint density at radius 3 is 2.95 bits per heavy atom. The molecule has 1 amide bonds. The lowest BCUT2D eigenvalue weighted by Gasteiger charge is -2.33. The van der Waals surface area contributed by atoms with Gasteiger partial charge in [-0.25, -0.2) is 4.79 Å². The van der Waals surface area contributed by atoms with Gasteiger partial charge in [0.05, 0.1) is 0 Å². The maximum absolute atomic E-state index is 12.1. The summed E-state index contributed by atoms with van der Waals surface area (Å²) in [5, 5.41) is 9.14. The van der Waals surface area contributed by atoms with Crippen LogP contribution in [0.3, 0.4) is 0 Å². The number of carboxylic acid groups (broad SMARTS) is 1. The normalized spacial score (nSPS) is 19.2. The van der Waals surface area contributed by atoms with E-state index in [1.165, 1.54) is 4.90 Å². The van der Waals surface area contributed by atoms with Crippen LogP contribution < -0.4 is 0 Å². The fraction of sp³-hybridized carbons (Fsp3) is 0.500. The maximum atomic E-state index is 12.1. The SMILES string of the molecule is O=C(O)[C@H]1CCCCN1C(=O)CCc1cccnc1. The van der Waals surface area contributed by atoms with Crippen molar-refractivity contribution in [3.8, 4) is 0 Å². The highest BCUT2D eigenvalue weighted by Crippen LogP contribution is 2.18. The third-order valence-corrected chi connectivity index (χ3v) is 3.46. The Labute approximate surface area is 112 Å². The number of hydrogen-bond donors (Lipinski definition) is 1. The topological polar surface area (TPSA) is 70.5 Å². The van der Waals surface area contributed by atoms with Crippen LogP contribution in [0, 0.1) is 0 Å². The Morgan fingerprint density at radius 2 is 2.26 bits per heavy atom. The number of carbonyl (C=O) groups excluding carboxylic acids is 1. The fourth-order valence-corrected chi connectivity index (χ4v) is 2.43. The molecule has 0 unspecified atom stereocenters. The van der Waals surface area contributed by atoms with E-state index in [0.717, 1.165) is 18.4 Å². The van der Waals surface area contributed by atoms with Crippen LogP contribution >= 0.6 is 0 Å². The average Bonchev–Trinajstić information content (AvgIpc) is 2.46. The second kappa shape index (κ2) is 6.31. The van der Waals surface area contributed by atoms with Crippen molar-refractivity contribution in [3.05, 3.63) is 30.1 Å². The molecule has 102 valence electrons. The van der Waals surface area contributed by atoms with E-state index in [1.54, 1.807) is 12.4 Å². The molecule has 1 fully saturated rings. The van der Waals surface area contributed by atoms with Gasteiger partial charge < -0.3 is 10.0 Å². The van der Waals surface area contributed by atoms with E-state index in [4.69, 9.17) is 5.11 Å². The van der Waals surface area contributed by atoms with E-state index in [1.807, 2.05) is 12.1 Å². The number of likely N-dealkylation sites (tertiary alicyclic amines) is 1. The van der Waals surface area contributed by atoms with Crippen LogP contribution in [-0.2, 0) is 16.0 Å². The molecule has 1 N–H and O–H groups in total. The number of hydrogen-bond acceptors (Lipinski definition) is 3. The number of aliphatic carboxylic acids is 1. The first-order valence-electron chi connectivity index (χ1n) is 6.59. The first-order chi connectivity index (χ1) is 9.18. The summed E-state index contributed by atoms with van der Waals surface area (Å²) in [6.45, 7) is 0.558. The zero-order valence-corrected chi connectivity index (χ0v) is 10.8. The van der Waals surface area contributed by atoms with Gasteiger partial charge in [0, 0.05) is 25.4 Å². The van der Waals surface area contributed by atoms with Gasteiger partial charge in [-0.2, -0.15) is 0 Å². The van der Waals surface area contributed by atoms with Gasteiger partial charge in [0.1, 0.15) is 6.04 Å². The minimum atomic E-state index is -0.894. The molecule has 0 spiro atoms. The number of aryl methyl sites for hydroxylation is 1. The lowest BCUT2D eigenvalue weighted by Crippen LogP contribution is -2.48. The summed E-state index contributed by atoms with van der Waals surface area (Å²) < 4.78 is 0. The van der Waals surface area contributed by atoms with Crippen molar-refractivity contribution in [2.24, 2.45) is 0 Å². The molecule has 0 aliphatic carbocycles. The predicted octanol–water partition coefficient (Wildman–Crippen LogP) is 1.48. The highest BCUT2D eigenvalue weighted by molar-refractivity contribution is 5.84. The zero-order valence-electron chi connectivity index (χ0n) is 10.8. The van der Waals surface area contributed by atoms with Crippen molar-refractivity contribution in [1.82, 2.24) is 9.88 Å². The number of rotatable bonds is 4. The van der Waals surface area contributed by atoms with Gasteiger partial charge in [-0.05, 0) is 37.3 Å². The second-order valence-electron chi connectivity index (χ2n) is 4.80. The van der Waals surface area contributed by atoms with E-state index in [9.17, 15) is 9.59 Å². The molecular formula is C14H18N2O3. The number of aromatic nitrogens is 1. The quantitative estimate of drug-likeness (QED) is 0.892. The molecule has 1 aromatic rings. The van der Waals surface area contributed by atoms with Gasteiger partial charge in [0.2, 0.25) is 5.91 Å². The summed E-state index contributed by atoms with van der Waals surface area (Å²) in [5.41, 5.74) is 1.000. The van der Waals surface area contributed by atoms with Crippen molar-refractivity contribution in [2.45, 2.75) is 38.1 Å². The van der Waals surface area contributed by atoms with Gasteiger partial charge in [-0.1, -0.05) is 6.07 Å². The third-order valence-electron chi connectivity index (χ3n) is 3.46. The summed E-state index contributed by atoms with van der Waals surface area (Å²) in [7, 11) is 0. The smallest absolute Gasteiger partial charge is 0.326 e. The van der Waals surface area contributed by atoms with E-state index >= 15 is 0 Å². The Morgan fingerprint density at radius 1 is 1.42 bits per heavy atom. The molecule has 1 saturated heterocycles. The molecule has 1 aromatic heterocycles. The van der Waals surface area contributed by atoms with Crippen LogP contribution in [0.15, 0.2) is 24.5 Å². The molecular weight excluding hydrogens is 244 g/mol. The second-order valence-corrected chi connectivity index (χ2v) is 4.80. The Balaban J connectivity index is 1.93. The molecule has 0 saturated carbocycles. The molecule has 1 atom stereocenters. The highest BCUT2D eigenvalue weighted by Gasteiger charge is 2.31. The number of carboxylic acids is 1. The van der Waals surface area contributed by atoms with E-state index in [-0.39, 0.29) is 5.91 Å². The molecule has 5 heteroatoms. The monoisotopic (exact) mass is 262 g/mol. The Hall–Kier alpha value is -1.91. The Kier molecular flexibility index (Phi) is 4.49. The minimum absolute atomic E-state index is 0.0732.